The average molecular weight is 251 g/mol. The number of rotatable bonds is 9. The zero-order chi connectivity index (χ0) is 12.3. The molecule has 1 rings (SSSR count). The molecule has 1 unspecified atom stereocenters. The van der Waals surface area contributed by atoms with E-state index >= 15 is 0 Å². The van der Waals surface area contributed by atoms with E-state index in [0.29, 0.717) is 6.04 Å². The summed E-state index contributed by atoms with van der Waals surface area (Å²) in [6.45, 7) is 5.57. The Labute approximate surface area is 110 Å². The van der Waals surface area contributed by atoms with Crippen molar-refractivity contribution in [1.82, 2.24) is 5.32 Å². The molecule has 1 atom stereocenters. The molecule has 17 heavy (non-hydrogen) atoms. The van der Waals surface area contributed by atoms with Crippen LogP contribution >= 0.6 is 11.8 Å². The first-order valence-electron chi connectivity index (χ1n) is 6.74. The highest BCUT2D eigenvalue weighted by Gasteiger charge is 2.09. The van der Waals surface area contributed by atoms with Gasteiger partial charge in [0.1, 0.15) is 0 Å². The fourth-order valence-corrected chi connectivity index (χ4v) is 2.58. The molecule has 0 radical (unpaired) electrons. The van der Waals surface area contributed by atoms with Gasteiger partial charge in [-0.3, -0.25) is 0 Å². The molecule has 1 nitrogen and oxygen atoms in total. The van der Waals surface area contributed by atoms with Crippen LogP contribution in [0.5, 0.6) is 0 Å². The van der Waals surface area contributed by atoms with Crippen molar-refractivity contribution in [3.8, 4) is 0 Å². The van der Waals surface area contributed by atoms with Crippen LogP contribution in [-0.2, 0) is 0 Å². The first kappa shape index (κ1) is 14.6. The van der Waals surface area contributed by atoms with Gasteiger partial charge < -0.3 is 5.32 Å². The first-order valence-corrected chi connectivity index (χ1v) is 7.90. The maximum absolute atomic E-state index is 3.65. The molecule has 1 N–H and O–H groups in total. The number of benzene rings is 1. The van der Waals surface area contributed by atoms with E-state index in [4.69, 9.17) is 0 Å². The minimum atomic E-state index is 0.536. The SMILES string of the molecule is CCCNC(CCCSCC)c1ccccc1. The lowest BCUT2D eigenvalue weighted by molar-refractivity contribution is 0.495. The second-order valence-electron chi connectivity index (χ2n) is 4.26. The van der Waals surface area contributed by atoms with Gasteiger partial charge in [-0.05, 0) is 42.9 Å². The maximum atomic E-state index is 3.65. The number of hydrogen-bond acceptors (Lipinski definition) is 2. The number of hydrogen-bond donors (Lipinski definition) is 1. The molecule has 0 spiro atoms. The minimum absolute atomic E-state index is 0.536. The molecule has 0 fully saturated rings. The highest BCUT2D eigenvalue weighted by molar-refractivity contribution is 7.99. The lowest BCUT2D eigenvalue weighted by Gasteiger charge is -2.18. The predicted octanol–water partition coefficient (Wildman–Crippen LogP) is 4.26. The molecule has 0 aromatic heterocycles. The van der Waals surface area contributed by atoms with E-state index < -0.39 is 0 Å². The van der Waals surface area contributed by atoms with E-state index in [2.05, 4.69) is 49.5 Å². The Bertz CT molecular complexity index is 274. The molecule has 0 saturated carbocycles. The molecule has 0 saturated heterocycles. The van der Waals surface area contributed by atoms with Crippen LogP contribution in [0, 0.1) is 0 Å². The Balaban J connectivity index is 2.43. The third-order valence-electron chi connectivity index (χ3n) is 2.83. The van der Waals surface area contributed by atoms with Gasteiger partial charge in [0.15, 0.2) is 0 Å². The van der Waals surface area contributed by atoms with Gasteiger partial charge >= 0.3 is 0 Å². The van der Waals surface area contributed by atoms with Crippen LogP contribution in [0.25, 0.3) is 0 Å². The van der Waals surface area contributed by atoms with E-state index in [9.17, 15) is 0 Å². The monoisotopic (exact) mass is 251 g/mol. The highest BCUT2D eigenvalue weighted by Crippen LogP contribution is 2.19. The molecule has 0 amide bonds. The molecule has 0 aliphatic carbocycles. The maximum Gasteiger partial charge on any atom is 0.0320 e. The predicted molar refractivity (Wildman–Crippen MR) is 79.7 cm³/mol. The molecule has 96 valence electrons. The van der Waals surface area contributed by atoms with Crippen LogP contribution in [0.15, 0.2) is 30.3 Å². The van der Waals surface area contributed by atoms with Crippen molar-refractivity contribution in [2.75, 3.05) is 18.1 Å². The molecule has 0 bridgehead atoms. The smallest absolute Gasteiger partial charge is 0.0320 e. The Hall–Kier alpha value is -0.470. The normalized spacial score (nSPS) is 12.6. The van der Waals surface area contributed by atoms with Gasteiger partial charge in [0.25, 0.3) is 0 Å². The summed E-state index contributed by atoms with van der Waals surface area (Å²) in [7, 11) is 0. The topological polar surface area (TPSA) is 12.0 Å². The van der Waals surface area contributed by atoms with Gasteiger partial charge in [0, 0.05) is 6.04 Å². The zero-order valence-electron chi connectivity index (χ0n) is 11.1. The Morgan fingerprint density at radius 1 is 1.18 bits per heavy atom. The third-order valence-corrected chi connectivity index (χ3v) is 3.81. The molecule has 0 aliphatic heterocycles. The minimum Gasteiger partial charge on any atom is -0.310 e. The summed E-state index contributed by atoms with van der Waals surface area (Å²) in [6, 6.07) is 11.4. The first-order chi connectivity index (χ1) is 8.38. The summed E-state index contributed by atoms with van der Waals surface area (Å²) in [5.41, 5.74) is 1.43. The third kappa shape index (κ3) is 6.13. The summed E-state index contributed by atoms with van der Waals surface area (Å²) < 4.78 is 0. The van der Waals surface area contributed by atoms with Gasteiger partial charge in [-0.1, -0.05) is 44.2 Å². The van der Waals surface area contributed by atoms with Crippen molar-refractivity contribution in [3.05, 3.63) is 35.9 Å². The summed E-state index contributed by atoms with van der Waals surface area (Å²) in [5, 5.41) is 3.65. The quantitative estimate of drug-likeness (QED) is 0.658. The van der Waals surface area contributed by atoms with E-state index in [0.717, 1.165) is 6.54 Å². The fraction of sp³-hybridized carbons (Fsp3) is 0.600. The van der Waals surface area contributed by atoms with Crippen molar-refractivity contribution < 1.29 is 0 Å². The van der Waals surface area contributed by atoms with Crippen LogP contribution in [0.2, 0.25) is 0 Å². The largest absolute Gasteiger partial charge is 0.310 e. The van der Waals surface area contributed by atoms with E-state index in [1.54, 1.807) is 0 Å². The molecule has 2 heteroatoms. The fourth-order valence-electron chi connectivity index (χ4n) is 1.92. The van der Waals surface area contributed by atoms with Gasteiger partial charge in [0.05, 0.1) is 0 Å². The van der Waals surface area contributed by atoms with Crippen LogP contribution in [0.3, 0.4) is 0 Å². The molecule has 0 heterocycles. The summed E-state index contributed by atoms with van der Waals surface area (Å²) in [4.78, 5) is 0. The summed E-state index contributed by atoms with van der Waals surface area (Å²) >= 11 is 2.04. The Morgan fingerprint density at radius 2 is 1.94 bits per heavy atom. The van der Waals surface area contributed by atoms with Gasteiger partial charge in [-0.2, -0.15) is 11.8 Å². The number of thioether (sulfide) groups is 1. The van der Waals surface area contributed by atoms with Gasteiger partial charge in [-0.15, -0.1) is 0 Å². The van der Waals surface area contributed by atoms with Crippen molar-refractivity contribution in [3.63, 3.8) is 0 Å². The van der Waals surface area contributed by atoms with E-state index in [1.165, 1.54) is 36.3 Å². The standard InChI is InChI=1S/C15H25NS/c1-3-12-16-15(11-8-13-17-4-2)14-9-6-5-7-10-14/h5-7,9-10,15-16H,3-4,8,11-13H2,1-2H3. The van der Waals surface area contributed by atoms with Gasteiger partial charge in [0.2, 0.25) is 0 Å². The lowest BCUT2D eigenvalue weighted by atomic mass is 10.0. The van der Waals surface area contributed by atoms with E-state index in [-0.39, 0.29) is 0 Å². The lowest BCUT2D eigenvalue weighted by Crippen LogP contribution is -2.22. The van der Waals surface area contributed by atoms with E-state index in [1.807, 2.05) is 11.8 Å². The zero-order valence-corrected chi connectivity index (χ0v) is 11.9. The number of nitrogens with one attached hydrogen (secondary N) is 1. The van der Waals surface area contributed by atoms with Crippen LogP contribution in [-0.4, -0.2) is 18.1 Å². The molecular weight excluding hydrogens is 226 g/mol. The summed E-state index contributed by atoms with van der Waals surface area (Å²) in [5.74, 6) is 2.52. The Morgan fingerprint density at radius 3 is 2.59 bits per heavy atom. The second kappa shape index (κ2) is 9.55. The van der Waals surface area contributed by atoms with Crippen LogP contribution < -0.4 is 5.32 Å². The summed E-state index contributed by atoms with van der Waals surface area (Å²) in [6.07, 6.45) is 3.75. The van der Waals surface area contributed by atoms with Crippen molar-refractivity contribution in [2.45, 2.75) is 39.2 Å². The molecular formula is C15H25NS. The molecule has 0 aliphatic rings. The van der Waals surface area contributed by atoms with Crippen LogP contribution in [0.4, 0.5) is 0 Å². The molecule has 1 aromatic carbocycles. The highest BCUT2D eigenvalue weighted by atomic mass is 32.2. The van der Waals surface area contributed by atoms with Crippen LogP contribution in [0.1, 0.15) is 44.7 Å². The second-order valence-corrected chi connectivity index (χ2v) is 5.65. The van der Waals surface area contributed by atoms with Crippen molar-refractivity contribution in [2.24, 2.45) is 0 Å². The Kier molecular flexibility index (Phi) is 8.20. The molecule has 1 aromatic rings. The van der Waals surface area contributed by atoms with Crippen molar-refractivity contribution in [1.29, 1.82) is 0 Å². The average Bonchev–Trinajstić information content (AvgIpc) is 2.39. The van der Waals surface area contributed by atoms with Gasteiger partial charge in [-0.25, -0.2) is 0 Å². The van der Waals surface area contributed by atoms with Crippen molar-refractivity contribution >= 4 is 11.8 Å².